The van der Waals surface area contributed by atoms with Gasteiger partial charge in [-0.2, -0.15) is 0 Å². The summed E-state index contributed by atoms with van der Waals surface area (Å²) in [6.45, 7) is 1.42. The maximum absolute atomic E-state index is 10.3. The number of hydrogen-bond donors (Lipinski definition) is 3. The number of nitro benzene ring substituents is 2. The van der Waals surface area contributed by atoms with Crippen molar-refractivity contribution in [2.45, 2.75) is 34.8 Å². The van der Waals surface area contributed by atoms with E-state index in [9.17, 15) is 25.3 Å². The molecule has 0 bridgehead atoms. The number of aliphatic hydroxyl groups is 1. The van der Waals surface area contributed by atoms with Crippen molar-refractivity contribution in [2.75, 3.05) is 0 Å². The minimum atomic E-state index is -0.585. The number of non-ortho nitro benzene ring substituents is 2. The first kappa shape index (κ1) is 25.0. The number of benzene rings is 2. The Morgan fingerprint density at radius 1 is 0.846 bits per heavy atom. The van der Waals surface area contributed by atoms with Gasteiger partial charge in [0.15, 0.2) is 0 Å². The lowest BCUT2D eigenvalue weighted by molar-refractivity contribution is -0.385. The highest BCUT2D eigenvalue weighted by atomic mass is 16.6. The number of nitro groups is 2. The second kappa shape index (κ2) is 11.4. The minimum Gasteiger partial charge on any atom is -0.508 e. The van der Waals surface area contributed by atoms with Crippen LogP contribution in [0.1, 0.15) is 32.9 Å². The third-order valence-corrected chi connectivity index (χ3v) is 3.10. The molecule has 3 N–H and O–H groups in total. The van der Waals surface area contributed by atoms with Crippen LogP contribution in [0.3, 0.4) is 0 Å². The van der Waals surface area contributed by atoms with Gasteiger partial charge < -0.3 is 15.3 Å². The molecule has 0 spiro atoms. The Hall–Kier alpha value is -3.20. The van der Waals surface area contributed by atoms with E-state index in [0.717, 1.165) is 6.07 Å². The second-order valence-electron chi connectivity index (χ2n) is 4.65. The van der Waals surface area contributed by atoms with E-state index in [0.29, 0.717) is 12.0 Å². The molecule has 144 valence electrons. The molecule has 0 radical (unpaired) electrons. The van der Waals surface area contributed by atoms with Crippen molar-refractivity contribution in [1.29, 1.82) is 0 Å². The standard InChI is InChI=1S/C8H9NO3.C7H7NO4.2CH4/c1-2-6-5-7(9(11)12)3-4-8(6)10;9-4-5-3-6(8(11)12)1-2-7(5)10;;/h3-5,10H,2H2,1H3;1-3,9-10H,4H2;2*1H4. The van der Waals surface area contributed by atoms with E-state index < -0.39 is 16.5 Å². The molecule has 0 saturated carbocycles. The van der Waals surface area contributed by atoms with Crippen molar-refractivity contribution in [3.63, 3.8) is 0 Å². The highest BCUT2D eigenvalue weighted by Gasteiger charge is 2.09. The molecule has 0 heterocycles. The quantitative estimate of drug-likeness (QED) is 0.547. The van der Waals surface area contributed by atoms with Gasteiger partial charge in [0.25, 0.3) is 11.4 Å². The zero-order chi connectivity index (χ0) is 18.3. The fourth-order valence-corrected chi connectivity index (χ4v) is 1.78. The largest absolute Gasteiger partial charge is 0.508 e. The normalized spacial score (nSPS) is 9.00. The van der Waals surface area contributed by atoms with Gasteiger partial charge in [-0.05, 0) is 18.6 Å². The van der Waals surface area contributed by atoms with Crippen LogP contribution in [0.2, 0.25) is 0 Å². The summed E-state index contributed by atoms with van der Waals surface area (Å²) < 4.78 is 0. The van der Waals surface area contributed by atoms with Crippen molar-refractivity contribution >= 4 is 11.4 Å². The fourth-order valence-electron chi connectivity index (χ4n) is 1.78. The van der Waals surface area contributed by atoms with Crippen molar-refractivity contribution in [2.24, 2.45) is 0 Å². The predicted molar refractivity (Wildman–Crippen MR) is 98.3 cm³/mol. The van der Waals surface area contributed by atoms with E-state index in [1.54, 1.807) is 0 Å². The van der Waals surface area contributed by atoms with Crippen molar-refractivity contribution in [1.82, 2.24) is 0 Å². The van der Waals surface area contributed by atoms with Crippen LogP contribution >= 0.6 is 0 Å². The fraction of sp³-hybridized carbons (Fsp3) is 0.294. The average Bonchev–Trinajstić information content (AvgIpc) is 2.55. The van der Waals surface area contributed by atoms with E-state index in [1.807, 2.05) is 6.92 Å². The number of phenols is 2. The molecule has 0 amide bonds. The number of aromatic hydroxyl groups is 2. The Balaban J connectivity index is 0. The van der Waals surface area contributed by atoms with Crippen LogP contribution < -0.4 is 0 Å². The highest BCUT2D eigenvalue weighted by molar-refractivity contribution is 5.43. The van der Waals surface area contributed by atoms with E-state index in [2.05, 4.69) is 0 Å². The van der Waals surface area contributed by atoms with Gasteiger partial charge in [0.2, 0.25) is 0 Å². The maximum Gasteiger partial charge on any atom is 0.270 e. The molecule has 9 heteroatoms. The lowest BCUT2D eigenvalue weighted by Crippen LogP contribution is -1.90. The third kappa shape index (κ3) is 6.73. The van der Waals surface area contributed by atoms with Gasteiger partial charge in [-0.25, -0.2) is 0 Å². The summed E-state index contributed by atoms with van der Waals surface area (Å²) in [5.74, 6) is -0.0220. The molecule has 2 aromatic rings. The summed E-state index contributed by atoms with van der Waals surface area (Å²) in [4.78, 5) is 19.5. The Morgan fingerprint density at radius 3 is 1.58 bits per heavy atom. The van der Waals surface area contributed by atoms with E-state index in [4.69, 9.17) is 10.2 Å². The topological polar surface area (TPSA) is 147 Å². The van der Waals surface area contributed by atoms with Crippen molar-refractivity contribution in [3.05, 3.63) is 67.8 Å². The van der Waals surface area contributed by atoms with Gasteiger partial charge in [-0.3, -0.25) is 20.2 Å². The Bertz CT molecular complexity index is 684. The molecule has 0 aromatic heterocycles. The van der Waals surface area contributed by atoms with Crippen LogP contribution in [0, 0.1) is 20.2 Å². The number of hydrogen-bond acceptors (Lipinski definition) is 7. The van der Waals surface area contributed by atoms with Gasteiger partial charge >= 0.3 is 0 Å². The molecule has 0 aliphatic carbocycles. The van der Waals surface area contributed by atoms with Crippen LogP contribution in [-0.2, 0) is 13.0 Å². The highest BCUT2D eigenvalue weighted by Crippen LogP contribution is 2.23. The van der Waals surface area contributed by atoms with Gasteiger partial charge in [-0.15, -0.1) is 0 Å². The summed E-state index contributed by atoms with van der Waals surface area (Å²) >= 11 is 0. The van der Waals surface area contributed by atoms with Crippen LogP contribution in [0.4, 0.5) is 11.4 Å². The van der Waals surface area contributed by atoms with Gasteiger partial charge in [0, 0.05) is 35.4 Å². The van der Waals surface area contributed by atoms with Crippen LogP contribution in [-0.4, -0.2) is 25.2 Å². The first-order chi connectivity index (χ1) is 11.3. The molecule has 0 fully saturated rings. The third-order valence-electron chi connectivity index (χ3n) is 3.10. The SMILES string of the molecule is C.C.CCc1cc([N+](=O)[O-])ccc1O.O=[N+]([O-])c1ccc(O)c(CO)c1. The molecular weight excluding hydrogens is 344 g/mol. The second-order valence-corrected chi connectivity index (χ2v) is 4.65. The molecule has 2 rings (SSSR count). The molecule has 26 heavy (non-hydrogen) atoms. The number of rotatable bonds is 4. The Labute approximate surface area is 151 Å². The zero-order valence-corrected chi connectivity index (χ0v) is 12.7. The average molecular weight is 368 g/mol. The Kier molecular flexibility index (Phi) is 11.0. The maximum atomic E-state index is 10.3. The number of aliphatic hydroxyl groups excluding tert-OH is 1. The molecule has 0 atom stereocenters. The monoisotopic (exact) mass is 368 g/mol. The van der Waals surface area contributed by atoms with Crippen LogP contribution in [0.25, 0.3) is 0 Å². The van der Waals surface area contributed by atoms with Crippen LogP contribution in [0.5, 0.6) is 11.5 Å². The molecular formula is C17H24N2O7. The molecule has 9 nitrogen and oxygen atoms in total. The molecule has 0 aliphatic heterocycles. The smallest absolute Gasteiger partial charge is 0.270 e. The van der Waals surface area contributed by atoms with E-state index in [-0.39, 0.29) is 43.3 Å². The first-order valence-electron chi connectivity index (χ1n) is 6.83. The van der Waals surface area contributed by atoms with Gasteiger partial charge in [0.1, 0.15) is 11.5 Å². The zero-order valence-electron chi connectivity index (χ0n) is 12.7. The molecule has 0 saturated heterocycles. The van der Waals surface area contributed by atoms with E-state index >= 15 is 0 Å². The lowest BCUT2D eigenvalue weighted by Gasteiger charge is -1.99. The summed E-state index contributed by atoms with van der Waals surface area (Å²) in [7, 11) is 0. The summed E-state index contributed by atoms with van der Waals surface area (Å²) in [6, 6.07) is 7.51. The van der Waals surface area contributed by atoms with Gasteiger partial charge in [0.05, 0.1) is 16.5 Å². The van der Waals surface area contributed by atoms with Gasteiger partial charge in [-0.1, -0.05) is 21.8 Å². The Morgan fingerprint density at radius 2 is 1.23 bits per heavy atom. The van der Waals surface area contributed by atoms with Crippen LogP contribution in [0.15, 0.2) is 36.4 Å². The number of aryl methyl sites for hydroxylation is 1. The predicted octanol–water partition coefficient (Wildman–Crippen LogP) is 3.93. The summed E-state index contributed by atoms with van der Waals surface area (Å²) in [5.41, 5.74) is 0.634. The number of phenolic OH excluding ortho intramolecular Hbond substituents is 1. The van der Waals surface area contributed by atoms with Crippen molar-refractivity contribution < 1.29 is 25.2 Å². The molecule has 0 unspecified atom stereocenters. The molecule has 2 aromatic carbocycles. The summed E-state index contributed by atoms with van der Waals surface area (Å²) in [5, 5.41) is 47.4. The van der Waals surface area contributed by atoms with E-state index in [1.165, 1.54) is 30.3 Å². The summed E-state index contributed by atoms with van der Waals surface area (Å²) in [6.07, 6.45) is 0.591. The number of nitrogens with zero attached hydrogens (tertiary/aromatic N) is 2. The lowest BCUT2D eigenvalue weighted by atomic mass is 10.1. The first-order valence-corrected chi connectivity index (χ1v) is 6.83. The molecule has 0 aliphatic rings. The minimum absolute atomic E-state index is 0. The van der Waals surface area contributed by atoms with Crippen molar-refractivity contribution in [3.8, 4) is 11.5 Å².